The molecule has 0 saturated heterocycles. The van der Waals surface area contributed by atoms with Gasteiger partial charge in [0.2, 0.25) is 0 Å². The molecule has 64 valence electrons. The van der Waals surface area contributed by atoms with Crippen LogP contribution >= 0.6 is 20.0 Å². The molecule has 0 aromatic carbocycles. The van der Waals surface area contributed by atoms with Gasteiger partial charge in [-0.3, -0.25) is 0 Å². The molecule has 0 aliphatic rings. The first-order valence-electron chi connectivity index (χ1n) is 1.84. The third-order valence-electron chi connectivity index (χ3n) is 0.357. The summed E-state index contributed by atoms with van der Waals surface area (Å²) in [5.74, 6) is 0. The summed E-state index contributed by atoms with van der Waals surface area (Å²) < 4.78 is 58.0. The van der Waals surface area contributed by atoms with Gasteiger partial charge >= 0.3 is 18.2 Å². The second-order valence-electron chi connectivity index (χ2n) is 1.14. The summed E-state index contributed by atoms with van der Waals surface area (Å²) in [6, 6.07) is 0. The molecular weight excluding hydrogens is 224 g/mol. The Labute approximate surface area is 65.8 Å². The molecule has 0 aromatic heterocycles. The van der Waals surface area contributed by atoms with Gasteiger partial charge in [-0.2, -0.15) is 8.42 Å². The summed E-state index contributed by atoms with van der Waals surface area (Å²) in [5.41, 5.74) is 0. The van der Waals surface area contributed by atoms with E-state index in [9.17, 15) is 20.7 Å². The summed E-state index contributed by atoms with van der Waals surface area (Å²) in [4.78, 5) is 0. The van der Waals surface area contributed by atoms with Crippen LogP contribution in [0.4, 0.5) is 12.3 Å². The maximum atomic E-state index is 11.9. The third kappa shape index (κ3) is 6.18. The Morgan fingerprint density at radius 2 is 1.91 bits per heavy atom. The zero-order valence-corrected chi connectivity index (χ0v) is 7.14. The fraction of sp³-hybridized carbons (Fsp3) is 0. The minimum absolute atomic E-state index is 1.21. The first-order chi connectivity index (χ1) is 4.77. The molecule has 0 saturated carbocycles. The van der Waals surface area contributed by atoms with Gasteiger partial charge in [0.05, 0.1) is 5.16 Å². The van der Waals surface area contributed by atoms with Crippen LogP contribution in [0.3, 0.4) is 0 Å². The molecule has 4 nitrogen and oxygen atoms in total. The van der Waals surface area contributed by atoms with Gasteiger partial charge in [0.25, 0.3) is 0 Å². The Morgan fingerprint density at radius 1 is 1.45 bits per heavy atom. The summed E-state index contributed by atoms with van der Waals surface area (Å²) >= 11 is 3.74. The van der Waals surface area contributed by atoms with Gasteiger partial charge in [-0.25, -0.2) is 0 Å². The quantitative estimate of drug-likeness (QED) is 0.312. The highest BCUT2D eigenvalue weighted by Crippen LogP contribution is 2.55. The van der Waals surface area contributed by atoms with Gasteiger partial charge in [-0.05, 0) is 12.2 Å². The predicted molar refractivity (Wildman–Crippen MR) is 36.6 cm³/mol. The Hall–Kier alpha value is -0.230. The van der Waals surface area contributed by atoms with Gasteiger partial charge in [0, 0.05) is 0 Å². The standard InChI is InChI=1S/CF3N2O2PS2/c2-9(3,5-1-10)6-11(4,7)8. The first-order valence-corrected chi connectivity index (χ1v) is 5.06. The van der Waals surface area contributed by atoms with Gasteiger partial charge < -0.3 is 0 Å². The molecule has 0 N–H and O–H groups in total. The van der Waals surface area contributed by atoms with Crippen molar-refractivity contribution in [2.45, 2.75) is 0 Å². The monoisotopic (exact) mass is 224 g/mol. The number of isothiocyanates is 1. The van der Waals surface area contributed by atoms with Gasteiger partial charge in [-0.1, -0.05) is 8.04 Å². The molecular formula is CF3N2O2PS2. The average molecular weight is 224 g/mol. The summed E-state index contributed by atoms with van der Waals surface area (Å²) in [5, 5.41) is 1.21. The molecule has 0 fully saturated rings. The summed E-state index contributed by atoms with van der Waals surface area (Å²) in [6.45, 7) is 0. The molecule has 0 amide bonds. The van der Waals surface area contributed by atoms with Crippen LogP contribution in [0.1, 0.15) is 0 Å². The van der Waals surface area contributed by atoms with E-state index < -0.39 is 18.2 Å². The van der Waals surface area contributed by atoms with Crippen molar-refractivity contribution < 1.29 is 20.7 Å². The lowest BCUT2D eigenvalue weighted by molar-refractivity contribution is 0.553. The summed E-state index contributed by atoms with van der Waals surface area (Å²) in [7, 11) is -11.1. The van der Waals surface area contributed by atoms with E-state index in [2.05, 4.69) is 17.0 Å². The van der Waals surface area contributed by atoms with Gasteiger partial charge in [-0.15, -0.1) is 13.2 Å². The van der Waals surface area contributed by atoms with Crippen LogP contribution in [0.15, 0.2) is 8.91 Å². The maximum absolute atomic E-state index is 11.9. The Morgan fingerprint density at radius 3 is 2.18 bits per heavy atom. The van der Waals surface area contributed by atoms with E-state index >= 15 is 0 Å². The van der Waals surface area contributed by atoms with Crippen molar-refractivity contribution >= 4 is 35.6 Å². The number of rotatable bonds is 2. The van der Waals surface area contributed by atoms with Crippen molar-refractivity contribution in [3.05, 3.63) is 0 Å². The second kappa shape index (κ2) is 3.44. The zero-order valence-electron chi connectivity index (χ0n) is 4.61. The van der Waals surface area contributed by atoms with E-state index in [-0.39, 0.29) is 0 Å². The Bertz CT molecular complexity index is 336. The highest BCUT2D eigenvalue weighted by atomic mass is 32.3. The molecule has 0 heterocycles. The minimum atomic E-state index is -5.56. The number of nitrogens with zero attached hydrogens (tertiary/aromatic N) is 2. The van der Waals surface area contributed by atoms with Crippen molar-refractivity contribution in [3.8, 4) is 0 Å². The van der Waals surface area contributed by atoms with E-state index in [1.165, 1.54) is 9.31 Å². The molecule has 0 rings (SSSR count). The van der Waals surface area contributed by atoms with Crippen LogP contribution in [0.25, 0.3) is 0 Å². The zero-order chi connectivity index (χ0) is 9.12. The molecule has 0 aromatic rings. The molecule has 0 spiro atoms. The van der Waals surface area contributed by atoms with E-state index in [1.54, 1.807) is 0 Å². The summed E-state index contributed by atoms with van der Waals surface area (Å²) in [6.07, 6.45) is 0. The minimum Gasteiger partial charge on any atom is -0.169 e. The SMILES string of the molecule is O=S(=O)(F)N=P(F)(F)N=C=S. The van der Waals surface area contributed by atoms with E-state index in [1.807, 2.05) is 0 Å². The van der Waals surface area contributed by atoms with Crippen molar-refractivity contribution in [2.75, 3.05) is 0 Å². The fourth-order valence-corrected chi connectivity index (χ4v) is 1.66. The molecule has 0 aliphatic heterocycles. The predicted octanol–water partition coefficient (Wildman–Crippen LogP) is 2.19. The van der Waals surface area contributed by atoms with Crippen molar-refractivity contribution in [1.29, 1.82) is 0 Å². The molecule has 0 unspecified atom stereocenters. The van der Waals surface area contributed by atoms with Crippen LogP contribution in [0, 0.1) is 0 Å². The second-order valence-corrected chi connectivity index (χ2v) is 3.91. The van der Waals surface area contributed by atoms with Crippen LogP contribution < -0.4 is 0 Å². The van der Waals surface area contributed by atoms with E-state index in [0.717, 1.165) is 0 Å². The highest BCUT2D eigenvalue weighted by molar-refractivity contribution is 7.88. The maximum Gasteiger partial charge on any atom is 0.438 e. The molecule has 11 heavy (non-hydrogen) atoms. The smallest absolute Gasteiger partial charge is 0.169 e. The van der Waals surface area contributed by atoms with Crippen molar-refractivity contribution in [2.24, 2.45) is 8.91 Å². The fourth-order valence-electron chi connectivity index (χ4n) is 0.185. The van der Waals surface area contributed by atoms with Crippen LogP contribution in [0.2, 0.25) is 0 Å². The Kier molecular flexibility index (Phi) is 3.37. The number of thiocarbonyl (C=S) groups is 1. The number of hydrogen-bond acceptors (Lipinski definition) is 3. The largest absolute Gasteiger partial charge is 0.438 e. The average Bonchev–Trinajstić information content (AvgIpc) is 1.55. The topological polar surface area (TPSA) is 58.9 Å². The van der Waals surface area contributed by atoms with Crippen molar-refractivity contribution in [1.82, 2.24) is 0 Å². The molecule has 0 atom stereocenters. The van der Waals surface area contributed by atoms with Gasteiger partial charge in [0.1, 0.15) is 0 Å². The molecule has 0 radical (unpaired) electrons. The van der Waals surface area contributed by atoms with Crippen LogP contribution in [0.5, 0.6) is 0 Å². The highest BCUT2D eigenvalue weighted by Gasteiger charge is 2.20. The number of hydrogen-bond donors (Lipinski definition) is 0. The number of halogens is 3. The lowest BCUT2D eigenvalue weighted by Gasteiger charge is -1.89. The molecule has 0 aliphatic carbocycles. The molecule has 10 heteroatoms. The first kappa shape index (κ1) is 10.8. The van der Waals surface area contributed by atoms with Crippen molar-refractivity contribution in [3.63, 3.8) is 0 Å². The van der Waals surface area contributed by atoms with Gasteiger partial charge in [0.15, 0.2) is 0 Å². The normalized spacial score (nSPS) is 11.9. The van der Waals surface area contributed by atoms with Crippen LogP contribution in [-0.4, -0.2) is 13.6 Å². The van der Waals surface area contributed by atoms with Crippen LogP contribution in [-0.2, 0) is 10.4 Å². The van der Waals surface area contributed by atoms with E-state index in [4.69, 9.17) is 0 Å². The molecule has 0 bridgehead atoms. The third-order valence-corrected chi connectivity index (χ3v) is 2.49. The Balaban J connectivity index is 5.14. The van der Waals surface area contributed by atoms with E-state index in [0.29, 0.717) is 0 Å². The lowest BCUT2D eigenvalue weighted by atomic mass is 11.8. The lowest BCUT2D eigenvalue weighted by Crippen LogP contribution is -1.79.